The topological polar surface area (TPSA) is 55.4 Å². The monoisotopic (exact) mass is 337 g/mol. The standard InChI is InChI=1S/C19H23N5O/c1-13-11-18-20-16(12-14(2)24(18)21-13)15-6-9-23(10-7-15)19(25)17-5-4-8-22(17)3/h4-5,8,11-12,15H,6-7,9-10H2,1-3H3. The molecule has 3 aromatic heterocycles. The molecule has 1 aliphatic rings. The highest BCUT2D eigenvalue weighted by molar-refractivity contribution is 5.92. The van der Waals surface area contributed by atoms with Crippen LogP contribution < -0.4 is 0 Å². The summed E-state index contributed by atoms with van der Waals surface area (Å²) in [7, 11) is 1.91. The molecule has 25 heavy (non-hydrogen) atoms. The largest absolute Gasteiger partial charge is 0.347 e. The van der Waals surface area contributed by atoms with Crippen LogP contribution in [0, 0.1) is 13.8 Å². The Labute approximate surface area is 147 Å². The van der Waals surface area contributed by atoms with Gasteiger partial charge in [-0.15, -0.1) is 0 Å². The highest BCUT2D eigenvalue weighted by atomic mass is 16.2. The van der Waals surface area contributed by atoms with Gasteiger partial charge in [-0.2, -0.15) is 5.10 Å². The van der Waals surface area contributed by atoms with Crippen molar-refractivity contribution >= 4 is 11.6 Å². The maximum Gasteiger partial charge on any atom is 0.270 e. The third kappa shape index (κ3) is 2.81. The molecule has 0 bridgehead atoms. The molecule has 130 valence electrons. The number of piperidine rings is 1. The van der Waals surface area contributed by atoms with E-state index >= 15 is 0 Å². The molecule has 0 unspecified atom stereocenters. The van der Waals surface area contributed by atoms with Gasteiger partial charge in [-0.1, -0.05) is 0 Å². The van der Waals surface area contributed by atoms with Crippen LogP contribution in [0.3, 0.4) is 0 Å². The van der Waals surface area contributed by atoms with E-state index in [-0.39, 0.29) is 5.91 Å². The highest BCUT2D eigenvalue weighted by Gasteiger charge is 2.26. The van der Waals surface area contributed by atoms with Crippen molar-refractivity contribution in [3.05, 3.63) is 53.2 Å². The Morgan fingerprint density at radius 3 is 2.64 bits per heavy atom. The molecule has 6 nitrogen and oxygen atoms in total. The zero-order chi connectivity index (χ0) is 17.6. The molecular weight excluding hydrogens is 314 g/mol. The normalized spacial score (nSPS) is 15.9. The number of nitrogens with zero attached hydrogens (tertiary/aromatic N) is 5. The minimum Gasteiger partial charge on any atom is -0.347 e. The molecule has 1 saturated heterocycles. The van der Waals surface area contributed by atoms with Crippen LogP contribution in [0.4, 0.5) is 0 Å². The first-order valence-corrected chi connectivity index (χ1v) is 8.77. The van der Waals surface area contributed by atoms with Gasteiger partial charge >= 0.3 is 0 Å². The smallest absolute Gasteiger partial charge is 0.270 e. The van der Waals surface area contributed by atoms with E-state index < -0.39 is 0 Å². The third-order valence-electron chi connectivity index (χ3n) is 5.11. The molecule has 0 aliphatic carbocycles. The van der Waals surface area contributed by atoms with Crippen LogP contribution in [0.5, 0.6) is 0 Å². The molecule has 0 aromatic carbocycles. The summed E-state index contributed by atoms with van der Waals surface area (Å²) in [5.74, 6) is 0.522. The highest BCUT2D eigenvalue weighted by Crippen LogP contribution is 2.28. The fourth-order valence-electron chi connectivity index (χ4n) is 3.70. The SMILES string of the molecule is Cc1cc2nc(C3CCN(C(=O)c4cccn4C)CC3)cc(C)n2n1. The molecule has 1 aliphatic heterocycles. The van der Waals surface area contributed by atoms with Gasteiger partial charge in [-0.3, -0.25) is 4.79 Å². The second kappa shape index (κ2) is 6.02. The number of hydrogen-bond donors (Lipinski definition) is 0. The Morgan fingerprint density at radius 2 is 1.96 bits per heavy atom. The summed E-state index contributed by atoms with van der Waals surface area (Å²) in [6.45, 7) is 5.61. The molecule has 0 spiro atoms. The van der Waals surface area contributed by atoms with E-state index in [1.807, 2.05) is 52.3 Å². The summed E-state index contributed by atoms with van der Waals surface area (Å²) in [5.41, 5.74) is 4.88. The number of amides is 1. The van der Waals surface area contributed by atoms with Crippen LogP contribution in [0.1, 0.15) is 46.3 Å². The molecule has 0 radical (unpaired) electrons. The lowest BCUT2D eigenvalue weighted by Crippen LogP contribution is -2.38. The average Bonchev–Trinajstić information content (AvgIpc) is 3.19. The Bertz CT molecular complexity index is 931. The predicted molar refractivity (Wildman–Crippen MR) is 95.8 cm³/mol. The van der Waals surface area contributed by atoms with Gasteiger partial charge in [0.2, 0.25) is 0 Å². The number of aromatic nitrogens is 4. The van der Waals surface area contributed by atoms with Crippen LogP contribution in [-0.2, 0) is 7.05 Å². The first kappa shape index (κ1) is 15.9. The number of rotatable bonds is 2. The van der Waals surface area contributed by atoms with Gasteiger partial charge in [0.05, 0.1) is 5.69 Å². The Morgan fingerprint density at radius 1 is 1.20 bits per heavy atom. The van der Waals surface area contributed by atoms with E-state index in [0.717, 1.165) is 54.4 Å². The van der Waals surface area contributed by atoms with Crippen LogP contribution >= 0.6 is 0 Å². The molecule has 0 saturated carbocycles. The van der Waals surface area contributed by atoms with Crippen molar-refractivity contribution in [1.82, 2.24) is 24.1 Å². The van der Waals surface area contributed by atoms with Crippen molar-refractivity contribution in [2.75, 3.05) is 13.1 Å². The van der Waals surface area contributed by atoms with E-state index in [1.54, 1.807) is 0 Å². The summed E-state index contributed by atoms with van der Waals surface area (Å²) in [6.07, 6.45) is 3.81. The van der Waals surface area contributed by atoms with Crippen LogP contribution in [0.25, 0.3) is 5.65 Å². The number of likely N-dealkylation sites (tertiary alicyclic amines) is 1. The van der Waals surface area contributed by atoms with Crippen LogP contribution in [-0.4, -0.2) is 43.1 Å². The van der Waals surface area contributed by atoms with Gasteiger partial charge in [-0.05, 0) is 44.9 Å². The van der Waals surface area contributed by atoms with Crippen molar-refractivity contribution < 1.29 is 4.79 Å². The number of carbonyl (C=O) groups excluding carboxylic acids is 1. The molecule has 0 atom stereocenters. The summed E-state index contributed by atoms with van der Waals surface area (Å²) in [5, 5.41) is 4.47. The number of aryl methyl sites for hydroxylation is 3. The van der Waals surface area contributed by atoms with E-state index in [0.29, 0.717) is 5.92 Å². The molecule has 4 heterocycles. The van der Waals surface area contributed by atoms with Crippen molar-refractivity contribution in [1.29, 1.82) is 0 Å². The van der Waals surface area contributed by atoms with E-state index in [2.05, 4.69) is 18.1 Å². The fourth-order valence-corrected chi connectivity index (χ4v) is 3.70. The lowest BCUT2D eigenvalue weighted by molar-refractivity contribution is 0.0702. The van der Waals surface area contributed by atoms with E-state index in [1.165, 1.54) is 0 Å². The van der Waals surface area contributed by atoms with Crippen LogP contribution in [0.15, 0.2) is 30.5 Å². The van der Waals surface area contributed by atoms with Gasteiger partial charge in [-0.25, -0.2) is 9.50 Å². The minimum absolute atomic E-state index is 0.122. The summed E-state index contributed by atoms with van der Waals surface area (Å²) < 4.78 is 3.78. The zero-order valence-corrected chi connectivity index (χ0v) is 14.9. The second-order valence-electron chi connectivity index (χ2n) is 6.95. The molecule has 4 rings (SSSR count). The maximum absolute atomic E-state index is 12.6. The molecule has 3 aromatic rings. The minimum atomic E-state index is 0.122. The van der Waals surface area contributed by atoms with E-state index in [4.69, 9.17) is 4.98 Å². The van der Waals surface area contributed by atoms with Crippen molar-refractivity contribution in [3.8, 4) is 0 Å². The predicted octanol–water partition coefficient (Wildman–Crippen LogP) is 2.70. The Balaban J connectivity index is 1.50. The zero-order valence-electron chi connectivity index (χ0n) is 14.9. The summed E-state index contributed by atoms with van der Waals surface area (Å²) >= 11 is 0. The lowest BCUT2D eigenvalue weighted by atomic mass is 9.92. The average molecular weight is 337 g/mol. The quantitative estimate of drug-likeness (QED) is 0.722. The number of hydrogen-bond acceptors (Lipinski definition) is 3. The summed E-state index contributed by atoms with van der Waals surface area (Å²) in [6, 6.07) is 7.95. The number of carbonyl (C=O) groups is 1. The van der Waals surface area contributed by atoms with Gasteiger partial charge in [0.1, 0.15) is 5.69 Å². The molecule has 6 heteroatoms. The molecular formula is C19H23N5O. The first-order valence-electron chi connectivity index (χ1n) is 8.77. The molecule has 0 N–H and O–H groups in total. The van der Waals surface area contributed by atoms with E-state index in [9.17, 15) is 4.79 Å². The summed E-state index contributed by atoms with van der Waals surface area (Å²) in [4.78, 5) is 19.4. The number of fused-ring (bicyclic) bond motifs is 1. The lowest BCUT2D eigenvalue weighted by Gasteiger charge is -2.32. The Kier molecular flexibility index (Phi) is 3.82. The van der Waals surface area contributed by atoms with Gasteiger partial charge < -0.3 is 9.47 Å². The van der Waals surface area contributed by atoms with Crippen molar-refractivity contribution in [3.63, 3.8) is 0 Å². The van der Waals surface area contributed by atoms with Crippen molar-refractivity contribution in [2.24, 2.45) is 7.05 Å². The fraction of sp³-hybridized carbons (Fsp3) is 0.421. The second-order valence-corrected chi connectivity index (χ2v) is 6.95. The maximum atomic E-state index is 12.6. The van der Waals surface area contributed by atoms with Gasteiger partial charge in [0.15, 0.2) is 5.65 Å². The van der Waals surface area contributed by atoms with Gasteiger partial charge in [0.25, 0.3) is 5.91 Å². The first-order chi connectivity index (χ1) is 12.0. The molecule has 1 amide bonds. The van der Waals surface area contributed by atoms with Gasteiger partial charge in [0, 0.05) is 49.7 Å². The molecule has 1 fully saturated rings. The third-order valence-corrected chi connectivity index (χ3v) is 5.11. The van der Waals surface area contributed by atoms with Crippen LogP contribution in [0.2, 0.25) is 0 Å². The van der Waals surface area contributed by atoms with Crippen molar-refractivity contribution in [2.45, 2.75) is 32.6 Å². The Hall–Kier alpha value is -2.63.